The second-order valence-electron chi connectivity index (χ2n) is 7.64. The van der Waals surface area contributed by atoms with Gasteiger partial charge in [0.25, 0.3) is 0 Å². The van der Waals surface area contributed by atoms with Crippen LogP contribution >= 0.6 is 31.9 Å². The molecular weight excluding hydrogens is 484 g/mol. The lowest BCUT2D eigenvalue weighted by molar-refractivity contribution is -0.136. The Balaban J connectivity index is 1.78. The molecule has 0 radical (unpaired) electrons. The highest BCUT2D eigenvalue weighted by molar-refractivity contribution is 9.28. The van der Waals surface area contributed by atoms with Crippen molar-refractivity contribution in [1.82, 2.24) is 0 Å². The van der Waals surface area contributed by atoms with E-state index in [0.717, 1.165) is 14.7 Å². The monoisotopic (exact) mass is 506 g/mol. The Bertz CT molecular complexity index is 890. The van der Waals surface area contributed by atoms with Gasteiger partial charge in [0.2, 0.25) is 0 Å². The number of ether oxygens (including phenoxy) is 1. The molecule has 3 nitrogen and oxygen atoms in total. The zero-order valence-corrected chi connectivity index (χ0v) is 19.4. The minimum atomic E-state index is -0.207. The number of rotatable bonds is 7. The molecule has 1 aliphatic carbocycles. The van der Waals surface area contributed by atoms with Crippen LogP contribution in [0.2, 0.25) is 0 Å². The van der Waals surface area contributed by atoms with Crippen LogP contribution in [0.15, 0.2) is 62.4 Å². The summed E-state index contributed by atoms with van der Waals surface area (Å²) in [5.41, 5.74) is 1.03. The van der Waals surface area contributed by atoms with Crippen LogP contribution in [0, 0.1) is 17.3 Å². The minimum absolute atomic E-state index is 0.121. The molecule has 0 spiro atoms. The first-order valence-electron chi connectivity index (χ1n) is 9.34. The van der Waals surface area contributed by atoms with Crippen molar-refractivity contribution in [2.45, 2.75) is 33.6 Å². The lowest BCUT2D eigenvalue weighted by Gasteiger charge is -2.04. The Morgan fingerprint density at radius 3 is 2.61 bits per heavy atom. The van der Waals surface area contributed by atoms with Gasteiger partial charge < -0.3 is 9.15 Å². The lowest BCUT2D eigenvalue weighted by atomic mass is 10.1. The maximum absolute atomic E-state index is 12.8. The van der Waals surface area contributed by atoms with Crippen molar-refractivity contribution >= 4 is 37.8 Å². The second-order valence-corrected chi connectivity index (χ2v) is 10.4. The molecule has 1 heterocycles. The van der Waals surface area contributed by atoms with Crippen molar-refractivity contribution in [3.8, 4) is 5.75 Å². The van der Waals surface area contributed by atoms with Gasteiger partial charge in [0.05, 0.1) is 9.31 Å². The molecule has 3 rings (SSSR count). The van der Waals surface area contributed by atoms with E-state index in [0.29, 0.717) is 24.4 Å². The molecule has 1 saturated carbocycles. The molecule has 5 heteroatoms. The van der Waals surface area contributed by atoms with Crippen molar-refractivity contribution < 1.29 is 13.9 Å². The van der Waals surface area contributed by atoms with Crippen LogP contribution in [0.3, 0.4) is 0 Å². The molecule has 148 valence electrons. The van der Waals surface area contributed by atoms with Gasteiger partial charge in [0.15, 0.2) is 11.5 Å². The topological polar surface area (TPSA) is 39.4 Å². The zero-order chi connectivity index (χ0) is 20.3. The molecule has 2 atom stereocenters. The Kier molecular flexibility index (Phi) is 6.66. The predicted octanol–water partition coefficient (Wildman–Crippen LogP) is 6.80. The maximum Gasteiger partial charge on any atom is 0.315 e. The van der Waals surface area contributed by atoms with E-state index in [4.69, 9.17) is 9.15 Å². The predicted molar refractivity (Wildman–Crippen MR) is 119 cm³/mol. The number of hydrogen-bond acceptors (Lipinski definition) is 3. The van der Waals surface area contributed by atoms with Gasteiger partial charge in [-0.2, -0.15) is 0 Å². The van der Waals surface area contributed by atoms with Crippen LogP contribution in [-0.4, -0.2) is 5.97 Å². The SMILES string of the molecule is CC=CCc1oc(Cc2ccccc2)cc1OC(=O)C1C(C=C(Br)Br)C1(C)C. The highest BCUT2D eigenvalue weighted by Crippen LogP contribution is 2.60. The van der Waals surface area contributed by atoms with Gasteiger partial charge in [-0.05, 0) is 55.7 Å². The van der Waals surface area contributed by atoms with Gasteiger partial charge in [0.1, 0.15) is 5.76 Å². The summed E-state index contributed by atoms with van der Waals surface area (Å²) in [7, 11) is 0. The van der Waals surface area contributed by atoms with E-state index >= 15 is 0 Å². The van der Waals surface area contributed by atoms with Crippen LogP contribution in [-0.2, 0) is 17.6 Å². The van der Waals surface area contributed by atoms with Crippen molar-refractivity contribution in [2.24, 2.45) is 17.3 Å². The van der Waals surface area contributed by atoms with E-state index in [1.165, 1.54) is 0 Å². The molecule has 0 amide bonds. The van der Waals surface area contributed by atoms with E-state index in [9.17, 15) is 4.79 Å². The average Bonchev–Trinajstić information content (AvgIpc) is 2.97. The van der Waals surface area contributed by atoms with E-state index in [1.54, 1.807) is 0 Å². The smallest absolute Gasteiger partial charge is 0.315 e. The number of carbonyl (C=O) groups excluding carboxylic acids is 1. The zero-order valence-electron chi connectivity index (χ0n) is 16.2. The normalized spacial score (nSPS) is 20.2. The molecule has 1 aromatic carbocycles. The molecule has 2 aromatic rings. The second kappa shape index (κ2) is 8.83. The maximum atomic E-state index is 12.8. The summed E-state index contributed by atoms with van der Waals surface area (Å²) in [4.78, 5) is 12.8. The molecule has 28 heavy (non-hydrogen) atoms. The summed E-state index contributed by atoms with van der Waals surface area (Å²) >= 11 is 6.78. The van der Waals surface area contributed by atoms with Gasteiger partial charge in [-0.15, -0.1) is 0 Å². The molecule has 0 bridgehead atoms. The van der Waals surface area contributed by atoms with Crippen molar-refractivity contribution in [3.63, 3.8) is 0 Å². The Morgan fingerprint density at radius 2 is 1.96 bits per heavy atom. The molecule has 1 aliphatic rings. The van der Waals surface area contributed by atoms with E-state index in [2.05, 4.69) is 57.8 Å². The van der Waals surface area contributed by atoms with Crippen LogP contribution in [0.5, 0.6) is 5.75 Å². The average molecular weight is 508 g/mol. The van der Waals surface area contributed by atoms with Gasteiger partial charge >= 0.3 is 5.97 Å². The van der Waals surface area contributed by atoms with E-state index < -0.39 is 0 Å². The van der Waals surface area contributed by atoms with Gasteiger partial charge in [-0.1, -0.05) is 62.4 Å². The number of carbonyl (C=O) groups is 1. The largest absolute Gasteiger partial charge is 0.461 e. The number of furan rings is 1. The number of benzene rings is 1. The van der Waals surface area contributed by atoms with E-state index in [-0.39, 0.29) is 23.2 Å². The highest BCUT2D eigenvalue weighted by Gasteiger charge is 2.61. The first kappa shape index (κ1) is 21.1. The van der Waals surface area contributed by atoms with Crippen molar-refractivity contribution in [3.05, 3.63) is 75.1 Å². The Hall–Kier alpha value is -1.59. The van der Waals surface area contributed by atoms with Crippen LogP contribution in [0.25, 0.3) is 0 Å². The number of halogens is 2. The molecule has 0 aliphatic heterocycles. The molecule has 1 fully saturated rings. The van der Waals surface area contributed by atoms with Crippen LogP contribution < -0.4 is 4.74 Å². The molecule has 2 unspecified atom stereocenters. The quantitative estimate of drug-likeness (QED) is 0.305. The summed E-state index contributed by atoms with van der Waals surface area (Å²) in [5, 5.41) is 0. The van der Waals surface area contributed by atoms with Crippen LogP contribution in [0.4, 0.5) is 0 Å². The summed E-state index contributed by atoms with van der Waals surface area (Å²) < 4.78 is 12.7. The lowest BCUT2D eigenvalue weighted by Crippen LogP contribution is -2.14. The third-order valence-corrected chi connectivity index (χ3v) is 5.79. The highest BCUT2D eigenvalue weighted by atomic mass is 79.9. The molecule has 0 saturated heterocycles. The summed E-state index contributed by atoms with van der Waals surface area (Å²) in [5.74, 6) is 1.77. The fourth-order valence-corrected chi connectivity index (χ4v) is 4.12. The summed E-state index contributed by atoms with van der Waals surface area (Å²) in [6.07, 6.45) is 7.24. The van der Waals surface area contributed by atoms with Gasteiger partial charge in [0, 0.05) is 18.9 Å². The minimum Gasteiger partial charge on any atom is -0.461 e. The van der Waals surface area contributed by atoms with Crippen molar-refractivity contribution in [2.75, 3.05) is 0 Å². The first-order chi connectivity index (χ1) is 13.3. The third-order valence-electron chi connectivity index (χ3n) is 5.26. The fourth-order valence-electron chi connectivity index (χ4n) is 3.55. The first-order valence-corrected chi connectivity index (χ1v) is 10.9. The summed E-state index contributed by atoms with van der Waals surface area (Å²) in [6, 6.07) is 12.0. The summed E-state index contributed by atoms with van der Waals surface area (Å²) in [6.45, 7) is 6.13. The van der Waals surface area contributed by atoms with Gasteiger partial charge in [-0.3, -0.25) is 4.79 Å². The number of allylic oxidation sites excluding steroid dienone is 3. The number of hydrogen-bond donors (Lipinski definition) is 0. The molecular formula is C23H24Br2O3. The third kappa shape index (κ3) is 4.87. The molecule has 0 N–H and O–H groups in total. The van der Waals surface area contributed by atoms with E-state index in [1.807, 2.05) is 49.4 Å². The standard InChI is InChI=1S/C23H24Br2O3/c1-4-5-11-18-19(13-16(27-18)12-15-9-7-6-8-10-15)28-22(26)21-17(14-20(24)25)23(21,2)3/h4-10,13-14,17,21H,11-12H2,1-3H3. The molecule has 1 aromatic heterocycles. The number of esters is 1. The van der Waals surface area contributed by atoms with Crippen molar-refractivity contribution in [1.29, 1.82) is 0 Å². The Morgan fingerprint density at radius 1 is 1.25 bits per heavy atom. The van der Waals surface area contributed by atoms with Crippen LogP contribution in [0.1, 0.15) is 37.9 Å². The fraction of sp³-hybridized carbons (Fsp3) is 0.348. The Labute approximate surface area is 183 Å². The van der Waals surface area contributed by atoms with Gasteiger partial charge in [-0.25, -0.2) is 0 Å².